The van der Waals surface area contributed by atoms with Crippen molar-refractivity contribution in [2.24, 2.45) is 0 Å². The summed E-state index contributed by atoms with van der Waals surface area (Å²) in [4.78, 5) is 17.0. The maximum Gasteiger partial charge on any atom is 0.312 e. The number of halogens is 1. The van der Waals surface area contributed by atoms with Crippen LogP contribution in [0.4, 0.5) is 0 Å². The Morgan fingerprint density at radius 3 is 2.91 bits per heavy atom. The molecule has 1 aromatic rings. The molecule has 0 saturated carbocycles. The molecule has 1 heterocycles. The van der Waals surface area contributed by atoms with Gasteiger partial charge < -0.3 is 10.1 Å². The number of H-pyrrole nitrogens is 1. The minimum atomic E-state index is -0.860. The van der Waals surface area contributed by atoms with Gasteiger partial charge in [0.2, 0.25) is 0 Å². The summed E-state index contributed by atoms with van der Waals surface area (Å²) >= 11 is 3.09. The van der Waals surface area contributed by atoms with E-state index in [1.165, 1.54) is 6.20 Å². The largest absolute Gasteiger partial charge is 0.481 e. The van der Waals surface area contributed by atoms with E-state index >= 15 is 0 Å². The number of hydrogen-bond acceptors (Lipinski definition) is 2. The van der Waals surface area contributed by atoms with E-state index < -0.39 is 11.9 Å². The predicted octanol–water partition coefficient (Wildman–Crippen LogP) is 1.36. The summed E-state index contributed by atoms with van der Waals surface area (Å²) in [7, 11) is 0. The molecule has 0 aliphatic heterocycles. The summed E-state index contributed by atoms with van der Waals surface area (Å²) in [5.41, 5.74) is 0.601. The summed E-state index contributed by atoms with van der Waals surface area (Å²) in [5.74, 6) is -1.39. The lowest BCUT2D eigenvalue weighted by Crippen LogP contribution is -2.07. The van der Waals surface area contributed by atoms with Crippen LogP contribution in [0.5, 0.6) is 0 Å². The van der Waals surface area contributed by atoms with Crippen molar-refractivity contribution in [2.75, 3.05) is 0 Å². The molecule has 4 nitrogen and oxygen atoms in total. The maximum atomic E-state index is 10.4. The molecule has 60 valence electrons. The fourth-order valence-electron chi connectivity index (χ4n) is 0.663. The van der Waals surface area contributed by atoms with Crippen molar-refractivity contribution in [2.45, 2.75) is 12.8 Å². The lowest BCUT2D eigenvalue weighted by molar-refractivity contribution is -0.138. The van der Waals surface area contributed by atoms with E-state index in [-0.39, 0.29) is 0 Å². The van der Waals surface area contributed by atoms with Gasteiger partial charge in [0.15, 0.2) is 4.73 Å². The van der Waals surface area contributed by atoms with Gasteiger partial charge in [-0.3, -0.25) is 4.79 Å². The average molecular weight is 219 g/mol. The fourth-order valence-corrected chi connectivity index (χ4v) is 0.994. The van der Waals surface area contributed by atoms with Crippen LogP contribution in [-0.2, 0) is 4.79 Å². The maximum absolute atomic E-state index is 10.4. The highest BCUT2D eigenvalue weighted by atomic mass is 79.9. The predicted molar refractivity (Wildman–Crippen MR) is 42.3 cm³/mol. The molecule has 0 aliphatic rings. The average Bonchev–Trinajstić information content (AvgIpc) is 2.34. The van der Waals surface area contributed by atoms with E-state index in [1.54, 1.807) is 6.92 Å². The number of aromatic nitrogens is 2. The van der Waals surface area contributed by atoms with Gasteiger partial charge >= 0.3 is 5.97 Å². The number of nitrogens with zero attached hydrogens (tertiary/aromatic N) is 1. The van der Waals surface area contributed by atoms with Gasteiger partial charge in [-0.1, -0.05) is 0 Å². The van der Waals surface area contributed by atoms with Crippen molar-refractivity contribution in [3.63, 3.8) is 0 Å². The van der Waals surface area contributed by atoms with E-state index in [0.29, 0.717) is 10.4 Å². The first-order valence-corrected chi connectivity index (χ1v) is 3.83. The second-order valence-corrected chi connectivity index (χ2v) is 2.94. The number of carboxylic acid groups (broad SMARTS) is 1. The Kier molecular flexibility index (Phi) is 2.28. The van der Waals surface area contributed by atoms with Crippen LogP contribution in [0, 0.1) is 0 Å². The number of rotatable bonds is 2. The summed E-state index contributed by atoms with van der Waals surface area (Å²) in [6, 6.07) is 0. The standard InChI is InChI=1S/C6H7BrN2O2/c1-3(5(10)11)4-2-8-6(7)9-4/h2-3H,1H3,(H,8,9)(H,10,11)/t3-/m0/s1. The molecular formula is C6H7BrN2O2. The lowest BCUT2D eigenvalue weighted by Gasteiger charge is -1.99. The molecule has 0 fully saturated rings. The first-order chi connectivity index (χ1) is 5.11. The first kappa shape index (κ1) is 8.26. The van der Waals surface area contributed by atoms with E-state index in [2.05, 4.69) is 25.9 Å². The fraction of sp³-hybridized carbons (Fsp3) is 0.333. The molecule has 0 saturated heterocycles. The van der Waals surface area contributed by atoms with Crippen molar-refractivity contribution in [3.8, 4) is 0 Å². The van der Waals surface area contributed by atoms with Crippen LogP contribution < -0.4 is 0 Å². The van der Waals surface area contributed by atoms with Crippen molar-refractivity contribution < 1.29 is 9.90 Å². The molecule has 1 atom stereocenters. The van der Waals surface area contributed by atoms with Crippen molar-refractivity contribution in [1.82, 2.24) is 9.97 Å². The van der Waals surface area contributed by atoms with Gasteiger partial charge in [0, 0.05) is 5.69 Å². The van der Waals surface area contributed by atoms with Crippen LogP contribution in [0.2, 0.25) is 0 Å². The smallest absolute Gasteiger partial charge is 0.312 e. The summed E-state index contributed by atoms with van der Waals surface area (Å²) in [6.45, 7) is 1.60. The minimum absolute atomic E-state index is 0.534. The monoisotopic (exact) mass is 218 g/mol. The van der Waals surface area contributed by atoms with E-state index in [0.717, 1.165) is 0 Å². The Labute approximate surface area is 71.8 Å². The molecule has 0 aromatic carbocycles. The van der Waals surface area contributed by atoms with Gasteiger partial charge in [-0.2, -0.15) is 0 Å². The van der Waals surface area contributed by atoms with Gasteiger partial charge in [-0.25, -0.2) is 4.98 Å². The van der Waals surface area contributed by atoms with Gasteiger partial charge in [0.05, 0.1) is 12.1 Å². The van der Waals surface area contributed by atoms with Gasteiger partial charge in [-0.15, -0.1) is 0 Å². The van der Waals surface area contributed by atoms with Crippen molar-refractivity contribution in [3.05, 3.63) is 16.6 Å². The third-order valence-electron chi connectivity index (χ3n) is 1.40. The zero-order valence-electron chi connectivity index (χ0n) is 5.84. The molecule has 0 radical (unpaired) electrons. The van der Waals surface area contributed by atoms with E-state index in [4.69, 9.17) is 5.11 Å². The zero-order valence-corrected chi connectivity index (χ0v) is 7.42. The Morgan fingerprint density at radius 2 is 2.55 bits per heavy atom. The highest BCUT2D eigenvalue weighted by Gasteiger charge is 2.15. The molecule has 0 amide bonds. The number of carboxylic acids is 1. The van der Waals surface area contributed by atoms with Crippen molar-refractivity contribution >= 4 is 21.9 Å². The third-order valence-corrected chi connectivity index (χ3v) is 1.80. The van der Waals surface area contributed by atoms with Crippen molar-refractivity contribution in [1.29, 1.82) is 0 Å². The number of imidazole rings is 1. The number of hydrogen-bond donors (Lipinski definition) is 2. The first-order valence-electron chi connectivity index (χ1n) is 3.04. The Bertz CT molecular complexity index is 271. The van der Waals surface area contributed by atoms with Crippen LogP contribution in [0.25, 0.3) is 0 Å². The molecule has 0 bridgehead atoms. The molecule has 11 heavy (non-hydrogen) atoms. The third kappa shape index (κ3) is 1.80. The molecule has 0 spiro atoms. The Balaban J connectivity index is 2.84. The lowest BCUT2D eigenvalue weighted by atomic mass is 10.1. The number of nitrogens with one attached hydrogen (secondary N) is 1. The molecule has 2 N–H and O–H groups in total. The number of aliphatic carboxylic acids is 1. The topological polar surface area (TPSA) is 66.0 Å². The second-order valence-electron chi connectivity index (χ2n) is 2.19. The SMILES string of the molecule is C[C@H](C(=O)O)c1cnc(Br)[nH]1. The quantitative estimate of drug-likeness (QED) is 0.789. The summed E-state index contributed by atoms with van der Waals surface area (Å²) < 4.78 is 0.556. The molecule has 0 unspecified atom stereocenters. The molecule has 1 rings (SSSR count). The Hall–Kier alpha value is -0.840. The molecular weight excluding hydrogens is 212 g/mol. The second kappa shape index (κ2) is 3.04. The molecule has 1 aromatic heterocycles. The zero-order chi connectivity index (χ0) is 8.43. The van der Waals surface area contributed by atoms with Gasteiger partial charge in [0.1, 0.15) is 0 Å². The molecule has 5 heteroatoms. The van der Waals surface area contributed by atoms with Crippen LogP contribution in [0.3, 0.4) is 0 Å². The highest BCUT2D eigenvalue weighted by Crippen LogP contribution is 2.14. The number of carbonyl (C=O) groups is 1. The number of aromatic amines is 1. The molecule has 0 aliphatic carbocycles. The summed E-state index contributed by atoms with van der Waals surface area (Å²) in [5, 5.41) is 8.58. The van der Waals surface area contributed by atoms with E-state index in [9.17, 15) is 4.79 Å². The van der Waals surface area contributed by atoms with E-state index in [1.807, 2.05) is 0 Å². The van der Waals surface area contributed by atoms with Gasteiger partial charge in [-0.05, 0) is 22.9 Å². The van der Waals surface area contributed by atoms with Crippen LogP contribution in [0.1, 0.15) is 18.5 Å². The minimum Gasteiger partial charge on any atom is -0.481 e. The van der Waals surface area contributed by atoms with Crippen LogP contribution in [-0.4, -0.2) is 21.0 Å². The van der Waals surface area contributed by atoms with Gasteiger partial charge in [0.25, 0.3) is 0 Å². The summed E-state index contributed by atoms with van der Waals surface area (Å²) in [6.07, 6.45) is 1.50. The highest BCUT2D eigenvalue weighted by molar-refractivity contribution is 9.10. The Morgan fingerprint density at radius 1 is 1.91 bits per heavy atom. The normalized spacial score (nSPS) is 12.9. The van der Waals surface area contributed by atoms with Crippen LogP contribution >= 0.6 is 15.9 Å². The van der Waals surface area contributed by atoms with Crippen LogP contribution in [0.15, 0.2) is 10.9 Å².